The molecule has 0 aromatic heterocycles. The van der Waals surface area contributed by atoms with Gasteiger partial charge in [-0.2, -0.15) is 0 Å². The first kappa shape index (κ1) is 10.4. The lowest BCUT2D eigenvalue weighted by molar-refractivity contribution is 0.313. The predicted molar refractivity (Wildman–Crippen MR) is 54.7 cm³/mol. The van der Waals surface area contributed by atoms with E-state index in [4.69, 9.17) is 23.2 Å². The molecule has 1 fully saturated rings. The first-order chi connectivity index (χ1) is 5.83. The van der Waals surface area contributed by atoms with E-state index in [1.54, 1.807) is 0 Å². The summed E-state index contributed by atoms with van der Waals surface area (Å²) < 4.78 is 0. The second-order valence-corrected chi connectivity index (χ2v) is 3.95. The number of hydrogen-bond acceptors (Lipinski definition) is 1. The Balaban J connectivity index is 2.29. The summed E-state index contributed by atoms with van der Waals surface area (Å²) in [7, 11) is 0. The zero-order valence-corrected chi connectivity index (χ0v) is 8.74. The lowest BCUT2D eigenvalue weighted by Gasteiger charge is -2.18. The number of halogens is 2. The van der Waals surface area contributed by atoms with Crippen LogP contribution < -0.4 is 0 Å². The molecule has 0 N–H and O–H groups in total. The van der Waals surface area contributed by atoms with Crippen molar-refractivity contribution >= 4 is 23.2 Å². The Labute approximate surface area is 84.3 Å². The fourth-order valence-electron chi connectivity index (χ4n) is 1.54. The Morgan fingerprint density at radius 1 is 1.17 bits per heavy atom. The summed E-state index contributed by atoms with van der Waals surface area (Å²) in [6, 6.07) is 0. The maximum atomic E-state index is 5.84. The molecule has 0 aromatic rings. The van der Waals surface area contributed by atoms with Crippen molar-refractivity contribution < 1.29 is 0 Å². The van der Waals surface area contributed by atoms with Crippen molar-refractivity contribution in [1.29, 1.82) is 0 Å². The normalized spacial score (nSPS) is 22.3. The van der Waals surface area contributed by atoms with Gasteiger partial charge in [0.05, 0.1) is 0 Å². The zero-order valence-electron chi connectivity index (χ0n) is 7.23. The molecule has 0 unspecified atom stereocenters. The van der Waals surface area contributed by atoms with Crippen molar-refractivity contribution in [3.05, 3.63) is 10.6 Å². The molecule has 0 amide bonds. The first-order valence-corrected chi connectivity index (χ1v) is 5.31. The van der Waals surface area contributed by atoms with Gasteiger partial charge in [0.25, 0.3) is 0 Å². The van der Waals surface area contributed by atoms with Crippen LogP contribution in [0, 0.1) is 0 Å². The van der Waals surface area contributed by atoms with Crippen molar-refractivity contribution in [3.8, 4) is 0 Å². The highest BCUT2D eigenvalue weighted by Gasteiger charge is 2.09. The number of rotatable bonds is 2. The summed E-state index contributed by atoms with van der Waals surface area (Å²) >= 11 is 11.3. The second kappa shape index (κ2) is 5.85. The standard InChI is InChI=1S/C9H15Cl2N/c10-7-9(11)8-12-5-3-1-2-4-6-12/h7H,1-6,8H2/b9-7+. The van der Waals surface area contributed by atoms with Gasteiger partial charge in [-0.1, -0.05) is 36.0 Å². The van der Waals surface area contributed by atoms with Gasteiger partial charge in [-0.15, -0.1) is 0 Å². The number of nitrogens with zero attached hydrogens (tertiary/aromatic N) is 1. The van der Waals surface area contributed by atoms with Gasteiger partial charge in [0.2, 0.25) is 0 Å². The SMILES string of the molecule is Cl/C=C(/Cl)CN1CCCCCC1. The van der Waals surface area contributed by atoms with Crippen LogP contribution in [0.1, 0.15) is 25.7 Å². The minimum Gasteiger partial charge on any atom is -0.298 e. The first-order valence-electron chi connectivity index (χ1n) is 4.50. The van der Waals surface area contributed by atoms with Gasteiger partial charge in [0.15, 0.2) is 0 Å². The number of likely N-dealkylation sites (tertiary alicyclic amines) is 1. The molecule has 0 spiro atoms. The zero-order chi connectivity index (χ0) is 8.81. The maximum Gasteiger partial charge on any atom is 0.0434 e. The van der Waals surface area contributed by atoms with E-state index in [-0.39, 0.29) is 0 Å². The van der Waals surface area contributed by atoms with E-state index < -0.39 is 0 Å². The van der Waals surface area contributed by atoms with Crippen molar-refractivity contribution in [3.63, 3.8) is 0 Å². The molecule has 1 aliphatic heterocycles. The molecule has 1 nitrogen and oxygen atoms in total. The molecule has 70 valence electrons. The van der Waals surface area contributed by atoms with Gasteiger partial charge in [-0.25, -0.2) is 0 Å². The molecule has 0 aromatic carbocycles. The average molecular weight is 208 g/mol. The molecular weight excluding hydrogens is 193 g/mol. The lowest BCUT2D eigenvalue weighted by Crippen LogP contribution is -2.25. The maximum absolute atomic E-state index is 5.84. The molecule has 1 heterocycles. The van der Waals surface area contributed by atoms with E-state index in [9.17, 15) is 0 Å². The highest BCUT2D eigenvalue weighted by molar-refractivity contribution is 6.36. The molecule has 0 atom stereocenters. The summed E-state index contributed by atoms with van der Waals surface area (Å²) in [6.07, 6.45) is 5.32. The molecule has 0 radical (unpaired) electrons. The quantitative estimate of drug-likeness (QED) is 0.673. The van der Waals surface area contributed by atoms with Gasteiger partial charge in [-0.05, 0) is 25.9 Å². The Hall–Kier alpha value is 0.280. The van der Waals surface area contributed by atoms with Gasteiger partial charge in [0.1, 0.15) is 0 Å². The van der Waals surface area contributed by atoms with Crippen molar-refractivity contribution in [2.75, 3.05) is 19.6 Å². The summed E-state index contributed by atoms with van der Waals surface area (Å²) in [6.45, 7) is 3.16. The number of hydrogen-bond donors (Lipinski definition) is 0. The fraction of sp³-hybridized carbons (Fsp3) is 0.778. The van der Waals surface area contributed by atoms with E-state index in [2.05, 4.69) is 4.90 Å². The highest BCUT2D eigenvalue weighted by Crippen LogP contribution is 2.13. The van der Waals surface area contributed by atoms with Gasteiger partial charge in [0, 0.05) is 17.1 Å². The highest BCUT2D eigenvalue weighted by atomic mass is 35.5. The van der Waals surface area contributed by atoms with E-state index >= 15 is 0 Å². The van der Waals surface area contributed by atoms with Gasteiger partial charge in [-0.3, -0.25) is 4.90 Å². The molecule has 1 rings (SSSR count). The van der Waals surface area contributed by atoms with Crippen LogP contribution in [0.25, 0.3) is 0 Å². The monoisotopic (exact) mass is 207 g/mol. The Kier molecular flexibility index (Phi) is 5.05. The molecule has 12 heavy (non-hydrogen) atoms. The van der Waals surface area contributed by atoms with Crippen LogP contribution in [0.15, 0.2) is 10.6 Å². The van der Waals surface area contributed by atoms with Crippen LogP contribution in [-0.4, -0.2) is 24.5 Å². The molecule has 1 saturated heterocycles. The molecule has 3 heteroatoms. The van der Waals surface area contributed by atoms with Crippen LogP contribution in [-0.2, 0) is 0 Å². The van der Waals surface area contributed by atoms with Gasteiger partial charge < -0.3 is 0 Å². The lowest BCUT2D eigenvalue weighted by atomic mass is 10.2. The Morgan fingerprint density at radius 2 is 1.75 bits per heavy atom. The summed E-state index contributed by atoms with van der Waals surface area (Å²) in [4.78, 5) is 2.37. The molecule has 1 aliphatic rings. The topological polar surface area (TPSA) is 3.24 Å². The van der Waals surface area contributed by atoms with E-state index in [0.717, 1.165) is 11.6 Å². The van der Waals surface area contributed by atoms with Crippen molar-refractivity contribution in [2.45, 2.75) is 25.7 Å². The second-order valence-electron chi connectivity index (χ2n) is 3.25. The van der Waals surface area contributed by atoms with Crippen molar-refractivity contribution in [1.82, 2.24) is 4.90 Å². The summed E-state index contributed by atoms with van der Waals surface area (Å²) in [5.74, 6) is 0. The Bertz CT molecular complexity index is 149. The molecule has 0 aliphatic carbocycles. The molecule has 0 bridgehead atoms. The molecule has 0 saturated carbocycles. The van der Waals surface area contributed by atoms with Crippen molar-refractivity contribution in [2.24, 2.45) is 0 Å². The van der Waals surface area contributed by atoms with Crippen LogP contribution in [0.3, 0.4) is 0 Å². The third-order valence-corrected chi connectivity index (χ3v) is 2.80. The average Bonchev–Trinajstić information content (AvgIpc) is 2.33. The van der Waals surface area contributed by atoms with E-state index in [1.807, 2.05) is 0 Å². The summed E-state index contributed by atoms with van der Waals surface area (Å²) in [5.41, 5.74) is 1.46. The minimum atomic E-state index is 0.749. The minimum absolute atomic E-state index is 0.749. The smallest absolute Gasteiger partial charge is 0.0434 e. The van der Waals surface area contributed by atoms with Crippen LogP contribution in [0.2, 0.25) is 0 Å². The van der Waals surface area contributed by atoms with E-state index in [0.29, 0.717) is 0 Å². The van der Waals surface area contributed by atoms with Crippen LogP contribution >= 0.6 is 23.2 Å². The molecular formula is C9H15Cl2N. The van der Waals surface area contributed by atoms with Gasteiger partial charge >= 0.3 is 0 Å². The van der Waals surface area contributed by atoms with Crippen LogP contribution in [0.5, 0.6) is 0 Å². The van der Waals surface area contributed by atoms with E-state index in [1.165, 1.54) is 44.3 Å². The fourth-order valence-corrected chi connectivity index (χ4v) is 1.78. The van der Waals surface area contributed by atoms with Crippen LogP contribution in [0.4, 0.5) is 0 Å². The predicted octanol–water partition coefficient (Wildman–Crippen LogP) is 3.18. The Morgan fingerprint density at radius 3 is 2.25 bits per heavy atom. The third kappa shape index (κ3) is 3.79. The third-order valence-electron chi connectivity index (χ3n) is 2.19. The summed E-state index contributed by atoms with van der Waals surface area (Å²) in [5, 5.41) is 0.749. The largest absolute Gasteiger partial charge is 0.298 e.